The lowest BCUT2D eigenvalue weighted by molar-refractivity contribution is -0.137. The number of benzene rings is 2. The number of alkyl halides is 3. The number of aryl methyl sites for hydroxylation is 2. The Morgan fingerprint density at radius 3 is 2.42 bits per heavy atom. The number of halogens is 3. The number of hydrogen-bond acceptors (Lipinski definition) is 8. The molecule has 0 spiro atoms. The van der Waals surface area contributed by atoms with Gasteiger partial charge in [0.25, 0.3) is 10.0 Å². The molecule has 2 aromatic carbocycles. The van der Waals surface area contributed by atoms with E-state index in [9.17, 15) is 21.6 Å². The Bertz CT molecular complexity index is 2250. The number of nitrogens with zero attached hydrogens (tertiary/aromatic N) is 6. The summed E-state index contributed by atoms with van der Waals surface area (Å²) in [6.45, 7) is 12.1. The van der Waals surface area contributed by atoms with Gasteiger partial charge < -0.3 is 14.5 Å². The first-order chi connectivity index (χ1) is 24.7. The van der Waals surface area contributed by atoms with Crippen molar-refractivity contribution in [1.29, 1.82) is 0 Å². The van der Waals surface area contributed by atoms with Gasteiger partial charge in [-0.05, 0) is 74.9 Å². The molecule has 0 unspecified atom stereocenters. The summed E-state index contributed by atoms with van der Waals surface area (Å²) in [4.78, 5) is 18.4. The molecule has 0 bridgehead atoms. The zero-order valence-corrected chi connectivity index (χ0v) is 31.0. The second-order valence-electron chi connectivity index (χ2n) is 14.3. The van der Waals surface area contributed by atoms with Crippen molar-refractivity contribution in [3.8, 4) is 11.4 Å². The minimum absolute atomic E-state index is 0.00103. The highest BCUT2D eigenvalue weighted by atomic mass is 32.2. The van der Waals surface area contributed by atoms with Crippen molar-refractivity contribution in [2.24, 2.45) is 0 Å². The number of piperidine rings is 1. The topological polar surface area (TPSA) is 93.4 Å². The molecule has 9 nitrogen and oxygen atoms in total. The molecule has 13 heteroatoms. The molecule has 274 valence electrons. The van der Waals surface area contributed by atoms with Gasteiger partial charge >= 0.3 is 6.18 Å². The molecule has 0 radical (unpaired) electrons. The van der Waals surface area contributed by atoms with Gasteiger partial charge in [0.15, 0.2) is 11.5 Å². The number of pyridine rings is 1. The minimum atomic E-state index is -4.81. The molecule has 52 heavy (non-hydrogen) atoms. The molecule has 7 rings (SSSR count). The molecule has 0 amide bonds. The third-order valence-electron chi connectivity index (χ3n) is 10.5. The Balaban J connectivity index is 1.41. The molecule has 5 heterocycles. The molecule has 3 aromatic heterocycles. The first-order valence-corrected chi connectivity index (χ1v) is 19.1. The van der Waals surface area contributed by atoms with Gasteiger partial charge in [0.1, 0.15) is 5.82 Å². The van der Waals surface area contributed by atoms with Crippen LogP contribution in [0.5, 0.6) is 0 Å². The molecule has 1 saturated heterocycles. The molecular formula is C39H43F3N6O3S. The van der Waals surface area contributed by atoms with E-state index >= 15 is 0 Å². The molecule has 2 aliphatic rings. The summed E-state index contributed by atoms with van der Waals surface area (Å²) < 4.78 is 78.7. The second-order valence-corrected chi connectivity index (χ2v) is 16.1. The Labute approximate surface area is 302 Å². The lowest BCUT2D eigenvalue weighted by atomic mass is 9.96. The van der Waals surface area contributed by atoms with Crippen LogP contribution < -0.4 is 9.80 Å². The van der Waals surface area contributed by atoms with Crippen LogP contribution in [-0.2, 0) is 33.9 Å². The number of aromatic nitrogens is 4. The summed E-state index contributed by atoms with van der Waals surface area (Å²) >= 11 is 0. The molecule has 0 N–H and O–H groups in total. The van der Waals surface area contributed by atoms with Crippen molar-refractivity contribution >= 4 is 32.6 Å². The molecule has 5 aromatic rings. The first kappa shape index (κ1) is 35.9. The van der Waals surface area contributed by atoms with Gasteiger partial charge in [0.05, 0.1) is 22.3 Å². The summed E-state index contributed by atoms with van der Waals surface area (Å²) in [5.74, 6) is 0.836. The van der Waals surface area contributed by atoms with Crippen LogP contribution in [0.2, 0.25) is 0 Å². The predicted molar refractivity (Wildman–Crippen MR) is 196 cm³/mol. The fraction of sp³-hybridized carbons (Fsp3) is 0.410. The van der Waals surface area contributed by atoms with E-state index in [1.54, 1.807) is 19.2 Å². The van der Waals surface area contributed by atoms with Crippen molar-refractivity contribution in [2.45, 2.75) is 89.6 Å². The largest absolute Gasteiger partial charge is 0.418 e. The number of anilines is 2. The molecule has 1 fully saturated rings. The maximum atomic E-state index is 14.9. The van der Waals surface area contributed by atoms with Gasteiger partial charge in [-0.3, -0.25) is 0 Å². The summed E-state index contributed by atoms with van der Waals surface area (Å²) in [5.41, 5.74) is 4.46. The summed E-state index contributed by atoms with van der Waals surface area (Å²) in [7, 11) is -2.48. The van der Waals surface area contributed by atoms with Crippen LogP contribution in [0.15, 0.2) is 65.8 Å². The van der Waals surface area contributed by atoms with Crippen LogP contribution in [0.1, 0.15) is 73.0 Å². The van der Waals surface area contributed by atoms with Crippen LogP contribution >= 0.6 is 0 Å². The predicted octanol–water partition coefficient (Wildman–Crippen LogP) is 8.06. The van der Waals surface area contributed by atoms with E-state index in [0.717, 1.165) is 39.2 Å². The average Bonchev–Trinajstić information content (AvgIpc) is 3.56. The summed E-state index contributed by atoms with van der Waals surface area (Å²) in [6.07, 6.45) is -0.844. The molecule has 0 saturated carbocycles. The monoisotopic (exact) mass is 732 g/mol. The highest BCUT2D eigenvalue weighted by Crippen LogP contribution is 2.43. The van der Waals surface area contributed by atoms with E-state index in [4.69, 9.17) is 14.7 Å². The number of methoxy groups -OCH3 is 1. The number of ether oxygens (including phenoxy) is 1. The lowest BCUT2D eigenvalue weighted by Gasteiger charge is -2.41. The third-order valence-corrected chi connectivity index (χ3v) is 12.2. The van der Waals surface area contributed by atoms with Gasteiger partial charge in [0, 0.05) is 73.8 Å². The van der Waals surface area contributed by atoms with Gasteiger partial charge in [-0.2, -0.15) is 13.2 Å². The average molecular weight is 733 g/mol. The number of hydrogen-bond donors (Lipinski definition) is 0. The molecule has 2 atom stereocenters. The Hall–Kier alpha value is -4.49. The van der Waals surface area contributed by atoms with Gasteiger partial charge in [-0.1, -0.05) is 43.7 Å². The van der Waals surface area contributed by atoms with E-state index in [-0.39, 0.29) is 39.5 Å². The zero-order chi connectivity index (χ0) is 37.1. The van der Waals surface area contributed by atoms with Crippen molar-refractivity contribution in [2.75, 3.05) is 30.0 Å². The summed E-state index contributed by atoms with van der Waals surface area (Å²) in [5, 5.41) is 0.00103. The van der Waals surface area contributed by atoms with E-state index in [1.165, 1.54) is 30.0 Å². The van der Waals surface area contributed by atoms with Crippen LogP contribution in [-0.4, -0.2) is 59.7 Å². The highest BCUT2D eigenvalue weighted by Gasteiger charge is 2.39. The Morgan fingerprint density at radius 1 is 1.00 bits per heavy atom. The van der Waals surface area contributed by atoms with Crippen LogP contribution in [0.25, 0.3) is 22.4 Å². The van der Waals surface area contributed by atoms with Gasteiger partial charge in [-0.15, -0.1) is 0 Å². The number of rotatable bonds is 7. The van der Waals surface area contributed by atoms with E-state index < -0.39 is 21.8 Å². The maximum absolute atomic E-state index is 14.9. The third kappa shape index (κ3) is 6.42. The fourth-order valence-corrected chi connectivity index (χ4v) is 8.77. The number of fused-ring (bicyclic) bond motifs is 2. The van der Waals surface area contributed by atoms with Crippen molar-refractivity contribution in [3.05, 3.63) is 94.4 Å². The first-order valence-electron chi connectivity index (χ1n) is 17.6. The van der Waals surface area contributed by atoms with Crippen molar-refractivity contribution in [1.82, 2.24) is 18.9 Å². The maximum Gasteiger partial charge on any atom is 0.418 e. The Morgan fingerprint density at radius 2 is 1.75 bits per heavy atom. The normalized spacial score (nSPS) is 18.3. The fourth-order valence-electron chi connectivity index (χ4n) is 7.47. The summed E-state index contributed by atoms with van der Waals surface area (Å²) in [6, 6.07) is 14.1. The van der Waals surface area contributed by atoms with Gasteiger partial charge in [-0.25, -0.2) is 27.3 Å². The van der Waals surface area contributed by atoms with Crippen LogP contribution in [0, 0.1) is 13.8 Å². The molecule has 0 aliphatic carbocycles. The lowest BCUT2D eigenvalue weighted by Crippen LogP contribution is -2.45. The zero-order valence-electron chi connectivity index (χ0n) is 30.2. The van der Waals surface area contributed by atoms with Crippen LogP contribution in [0.4, 0.5) is 24.7 Å². The standard InChI is InChI=1S/C39H43F3N6O3S/c1-23(2)27-10-9-25(4)34(20-27)46-16-15-33-31(22-46)38(47-17-13-28(51-6)19-26(47)5)45-36(44-33)35-30-14-18-48(37(30)43-21-32(35)39(40,41)42)52(49,50)29-11-7-24(3)8-12-29/h7-12,14,18,20-21,23,26,28H,13,15-17,19,22H2,1-6H3/t26-,28-/m1/s1. The second kappa shape index (κ2) is 13.5. The Kier molecular flexibility index (Phi) is 9.31. The quantitative estimate of drug-likeness (QED) is 0.166. The highest BCUT2D eigenvalue weighted by molar-refractivity contribution is 7.90. The van der Waals surface area contributed by atoms with E-state index in [1.807, 2.05) is 6.92 Å². The van der Waals surface area contributed by atoms with Crippen molar-refractivity contribution in [3.63, 3.8) is 0 Å². The molecule has 2 aliphatic heterocycles. The SMILES string of the molecule is CO[C@@H]1CCN(c2nc(-c3c(C(F)(F)F)cnc4c3ccn4S(=O)(=O)c3ccc(C)cc3)nc3c2CN(c2cc(C(C)C)ccc2C)CC3)[C@H](C)C1. The van der Waals surface area contributed by atoms with E-state index in [0.29, 0.717) is 49.7 Å². The van der Waals surface area contributed by atoms with Crippen molar-refractivity contribution < 1.29 is 26.3 Å². The minimum Gasteiger partial charge on any atom is -0.381 e. The molecular weight excluding hydrogens is 690 g/mol. The van der Waals surface area contributed by atoms with Gasteiger partial charge in [0.2, 0.25) is 0 Å². The van der Waals surface area contributed by atoms with E-state index in [2.05, 4.69) is 60.7 Å². The smallest absolute Gasteiger partial charge is 0.381 e. The van der Waals surface area contributed by atoms with Crippen LogP contribution in [0.3, 0.4) is 0 Å².